The average molecular weight is 675 g/mol. The molecule has 10 heteroatoms. The van der Waals surface area contributed by atoms with Gasteiger partial charge in [-0.05, 0) is 78.6 Å². The van der Waals surface area contributed by atoms with Crippen molar-refractivity contribution in [2.45, 2.75) is 131 Å². The first kappa shape index (κ1) is 37.1. The number of carbonyl (C=O) groups excluding carboxylic acids is 4. The van der Waals surface area contributed by atoms with E-state index in [1.165, 1.54) is 13.8 Å². The first-order chi connectivity index (χ1) is 22.3. The molecule has 5 aliphatic rings. The molecule has 2 spiro atoms. The Morgan fingerprint density at radius 3 is 2.29 bits per heavy atom. The predicted octanol–water partition coefficient (Wildman–Crippen LogP) is 4.20. The number of ether oxygens (including phenoxy) is 3. The highest BCUT2D eigenvalue weighted by Gasteiger charge is 2.85. The minimum Gasteiger partial charge on any atom is -0.462 e. The van der Waals surface area contributed by atoms with Gasteiger partial charge in [0.1, 0.15) is 12.2 Å². The van der Waals surface area contributed by atoms with Gasteiger partial charge in [0.25, 0.3) is 0 Å². The van der Waals surface area contributed by atoms with E-state index in [9.17, 15) is 34.5 Å². The average Bonchev–Trinajstić information content (AvgIpc) is 3.66. The summed E-state index contributed by atoms with van der Waals surface area (Å²) in [5, 5.41) is 32.3. The summed E-state index contributed by atoms with van der Waals surface area (Å²) in [4.78, 5) is 52.1. The van der Waals surface area contributed by atoms with E-state index in [0.29, 0.717) is 12.8 Å². The molecule has 5 fully saturated rings. The number of Topliss-reactive ketones (excluding diaryl/α,β-unsaturated/α-hetero) is 2. The molecule has 0 aromatic carbocycles. The fraction of sp³-hybridized carbons (Fsp3) is 0.842. The van der Waals surface area contributed by atoms with Crippen LogP contribution in [-0.2, 0) is 33.4 Å². The molecule has 5 saturated carbocycles. The van der Waals surface area contributed by atoms with Crippen LogP contribution in [0.2, 0.25) is 0 Å². The van der Waals surface area contributed by atoms with Crippen molar-refractivity contribution in [3.63, 3.8) is 0 Å². The van der Waals surface area contributed by atoms with Gasteiger partial charge >= 0.3 is 11.9 Å². The second kappa shape index (κ2) is 12.9. The number of hydrogen-bond donors (Lipinski definition) is 3. The van der Waals surface area contributed by atoms with Gasteiger partial charge in [-0.1, -0.05) is 48.1 Å². The van der Waals surface area contributed by atoms with Gasteiger partial charge in [0.2, 0.25) is 0 Å². The Kier molecular flexibility index (Phi) is 9.96. The van der Waals surface area contributed by atoms with E-state index in [1.807, 2.05) is 27.7 Å². The fourth-order valence-corrected chi connectivity index (χ4v) is 12.0. The predicted molar refractivity (Wildman–Crippen MR) is 176 cm³/mol. The smallest absolute Gasteiger partial charge is 0.303 e. The molecule has 3 N–H and O–H groups in total. The summed E-state index contributed by atoms with van der Waals surface area (Å²) in [7, 11) is 0. The number of hydrogen-bond acceptors (Lipinski definition) is 10. The number of rotatable bonds is 12. The van der Waals surface area contributed by atoms with Gasteiger partial charge in [0.15, 0.2) is 17.7 Å². The van der Waals surface area contributed by atoms with Crippen molar-refractivity contribution in [3.05, 3.63) is 12.2 Å². The Balaban J connectivity index is 1.47. The van der Waals surface area contributed by atoms with Gasteiger partial charge in [0, 0.05) is 42.9 Å². The lowest BCUT2D eigenvalue weighted by Crippen LogP contribution is -2.62. The van der Waals surface area contributed by atoms with Gasteiger partial charge in [0.05, 0.1) is 25.4 Å². The van der Waals surface area contributed by atoms with Gasteiger partial charge < -0.3 is 29.5 Å². The number of aliphatic hydroxyl groups excluding tert-OH is 3. The maximum absolute atomic E-state index is 14.1. The molecule has 270 valence electrons. The summed E-state index contributed by atoms with van der Waals surface area (Å²) in [6.45, 7) is 19.0. The molecule has 0 bridgehead atoms. The molecular weight excluding hydrogens is 616 g/mol. The molecule has 5 rings (SSSR count). The first-order valence-electron chi connectivity index (χ1n) is 18.1. The lowest BCUT2D eigenvalue weighted by Gasteiger charge is -2.62. The van der Waals surface area contributed by atoms with E-state index < -0.39 is 65.0 Å². The van der Waals surface area contributed by atoms with Crippen molar-refractivity contribution in [3.8, 4) is 0 Å². The van der Waals surface area contributed by atoms with Crippen LogP contribution in [0.5, 0.6) is 0 Å². The Morgan fingerprint density at radius 1 is 1.02 bits per heavy atom. The monoisotopic (exact) mass is 674 g/mol. The third-order valence-electron chi connectivity index (χ3n) is 14.6. The third kappa shape index (κ3) is 5.34. The molecule has 0 amide bonds. The van der Waals surface area contributed by atoms with Crippen LogP contribution in [0.3, 0.4) is 0 Å². The second-order valence-electron chi connectivity index (χ2n) is 16.7. The molecule has 48 heavy (non-hydrogen) atoms. The molecular formula is C38H58O10. The van der Waals surface area contributed by atoms with Crippen LogP contribution in [-0.4, -0.2) is 82.6 Å². The number of aliphatic hydroxyl groups is 3. The summed E-state index contributed by atoms with van der Waals surface area (Å²) in [5.74, 6) is -3.06. The van der Waals surface area contributed by atoms with Crippen LogP contribution in [0.25, 0.3) is 0 Å². The Hall–Kier alpha value is -2.14. The van der Waals surface area contributed by atoms with Gasteiger partial charge in [-0.3, -0.25) is 19.2 Å². The highest BCUT2D eigenvalue weighted by Crippen LogP contribution is 2.88. The Morgan fingerprint density at radius 2 is 1.69 bits per heavy atom. The van der Waals surface area contributed by atoms with E-state index in [0.717, 1.165) is 32.1 Å². The summed E-state index contributed by atoms with van der Waals surface area (Å²) < 4.78 is 17.6. The minimum atomic E-state index is -1.38. The van der Waals surface area contributed by atoms with Gasteiger partial charge in [-0.15, -0.1) is 0 Å². The largest absolute Gasteiger partial charge is 0.462 e. The molecule has 0 aromatic heterocycles. The molecule has 0 aliphatic heterocycles. The van der Waals surface area contributed by atoms with Crippen molar-refractivity contribution in [1.29, 1.82) is 0 Å². The molecule has 0 saturated heterocycles. The first-order valence-corrected chi connectivity index (χ1v) is 18.1. The van der Waals surface area contributed by atoms with Crippen molar-refractivity contribution in [2.24, 2.45) is 57.2 Å². The molecule has 0 heterocycles. The van der Waals surface area contributed by atoms with E-state index in [1.54, 1.807) is 0 Å². The van der Waals surface area contributed by atoms with Crippen LogP contribution in [0.15, 0.2) is 12.2 Å². The molecule has 15 atom stereocenters. The quantitative estimate of drug-likeness (QED) is 0.203. The zero-order chi connectivity index (χ0) is 35.7. The van der Waals surface area contributed by atoms with Gasteiger partial charge in [-0.2, -0.15) is 0 Å². The third-order valence-corrected chi connectivity index (χ3v) is 14.6. The zero-order valence-electron chi connectivity index (χ0n) is 30.1. The highest BCUT2D eigenvalue weighted by atomic mass is 16.6. The topological polar surface area (TPSA) is 157 Å². The number of esters is 2. The summed E-state index contributed by atoms with van der Waals surface area (Å²) in [6, 6.07) is 0. The number of ketones is 2. The summed E-state index contributed by atoms with van der Waals surface area (Å²) in [6.07, 6.45) is 0.265. The molecule has 0 radical (unpaired) electrons. The van der Waals surface area contributed by atoms with Crippen LogP contribution < -0.4 is 0 Å². The molecule has 5 unspecified atom stereocenters. The normalized spacial score (nSPS) is 43.7. The summed E-state index contributed by atoms with van der Waals surface area (Å²) >= 11 is 0. The number of fused-ring (bicyclic) bond motifs is 2. The van der Waals surface area contributed by atoms with E-state index in [2.05, 4.69) is 20.4 Å². The van der Waals surface area contributed by atoms with Crippen LogP contribution >= 0.6 is 0 Å². The highest BCUT2D eigenvalue weighted by molar-refractivity contribution is 5.99. The lowest BCUT2D eigenvalue weighted by atomic mass is 9.42. The van der Waals surface area contributed by atoms with Gasteiger partial charge in [-0.25, -0.2) is 0 Å². The SMILES string of the molecule is C=C(C(=O)[C@H](OC(C)=O)[C@@H](C)[C@H]1[C@@H](OC(C)=O)C[C@@]2(C)C3CCC4[C@H](C)C(=O)C(O)C(O)[C@@]45C[C@@]35CC[C@]12C)[C@@H](C)COCC(O)CC. The van der Waals surface area contributed by atoms with E-state index in [4.69, 9.17) is 14.2 Å². The number of carbonyl (C=O) groups is 4. The molecule has 10 nitrogen and oxygen atoms in total. The van der Waals surface area contributed by atoms with Crippen LogP contribution in [0.1, 0.15) is 100 Å². The van der Waals surface area contributed by atoms with E-state index in [-0.39, 0.29) is 65.0 Å². The zero-order valence-corrected chi connectivity index (χ0v) is 30.1. The van der Waals surface area contributed by atoms with Crippen LogP contribution in [0, 0.1) is 57.2 Å². The standard InChI is InChI=1S/C38H58O10/c1-10-25(41)17-46-16-19(2)20(3)31(43)33(48-24(7)40)22(5)29-27(47-23(6)39)15-36(9)28-12-11-26-21(4)30(42)32(44)34(45)38(26)18-37(28,38)14-13-35(29,36)8/h19,21-22,25-29,32-34,41,44-45H,3,10-18H2,1-2,4-9H3/t19-,21-,22-,25?,26?,27-,28?,29-,32?,33+,34?,35+,36-,37-,38+/m0/s1. The Bertz CT molecular complexity index is 1330. The van der Waals surface area contributed by atoms with Crippen molar-refractivity contribution in [1.82, 2.24) is 0 Å². The van der Waals surface area contributed by atoms with Crippen molar-refractivity contribution < 1.29 is 48.7 Å². The van der Waals surface area contributed by atoms with Crippen molar-refractivity contribution in [2.75, 3.05) is 13.2 Å². The van der Waals surface area contributed by atoms with E-state index >= 15 is 0 Å². The molecule has 0 aromatic rings. The second-order valence-corrected chi connectivity index (χ2v) is 16.7. The fourth-order valence-electron chi connectivity index (χ4n) is 12.0. The molecule has 5 aliphatic carbocycles. The Labute approximate surface area is 285 Å². The van der Waals surface area contributed by atoms with Crippen LogP contribution in [0.4, 0.5) is 0 Å². The maximum atomic E-state index is 14.1. The summed E-state index contributed by atoms with van der Waals surface area (Å²) in [5.41, 5.74) is -1.28. The minimum absolute atomic E-state index is 0.0150. The van der Waals surface area contributed by atoms with Crippen molar-refractivity contribution >= 4 is 23.5 Å². The lowest BCUT2D eigenvalue weighted by molar-refractivity contribution is -0.187. The maximum Gasteiger partial charge on any atom is 0.303 e.